The molecule has 0 saturated carbocycles. The minimum atomic E-state index is 0.0189. The Hall–Kier alpha value is -2.28. The Morgan fingerprint density at radius 3 is 2.68 bits per heavy atom. The molecule has 0 aliphatic carbocycles. The number of hydrogen-bond acceptors (Lipinski definition) is 4. The summed E-state index contributed by atoms with van der Waals surface area (Å²) in [5, 5.41) is 0.789. The second-order valence-electron chi connectivity index (χ2n) is 7.05. The van der Waals surface area contributed by atoms with Crippen molar-refractivity contribution in [1.82, 2.24) is 4.98 Å². The summed E-state index contributed by atoms with van der Waals surface area (Å²) in [5.74, 6) is 0.0189. The zero-order valence-electron chi connectivity index (χ0n) is 16.2. The van der Waals surface area contributed by atoms with Crippen LogP contribution in [0.4, 0.5) is 5.13 Å². The van der Waals surface area contributed by atoms with Crippen molar-refractivity contribution >= 4 is 32.6 Å². The molecule has 1 N–H and O–H groups in total. The van der Waals surface area contributed by atoms with Gasteiger partial charge in [0.2, 0.25) is 0 Å². The smallest absolute Gasteiger partial charge is 0.260 e. The third kappa shape index (κ3) is 4.09. The highest BCUT2D eigenvalue weighted by Gasteiger charge is 2.24. The van der Waals surface area contributed by atoms with Gasteiger partial charge in [0.1, 0.15) is 13.1 Å². The molecule has 0 unspecified atom stereocenters. The summed E-state index contributed by atoms with van der Waals surface area (Å²) in [6.07, 6.45) is 0.936. The molecule has 5 nitrogen and oxygen atoms in total. The molecule has 2 heterocycles. The van der Waals surface area contributed by atoms with Crippen molar-refractivity contribution in [3.05, 3.63) is 59.7 Å². The van der Waals surface area contributed by atoms with E-state index in [4.69, 9.17) is 9.72 Å². The molecule has 1 saturated heterocycles. The van der Waals surface area contributed by atoms with Gasteiger partial charge in [0.25, 0.3) is 5.91 Å². The van der Waals surface area contributed by atoms with E-state index in [-0.39, 0.29) is 5.91 Å². The number of anilines is 1. The van der Waals surface area contributed by atoms with Crippen LogP contribution in [0, 0.1) is 0 Å². The van der Waals surface area contributed by atoms with Crippen LogP contribution in [0.3, 0.4) is 0 Å². The van der Waals surface area contributed by atoms with Gasteiger partial charge < -0.3 is 9.64 Å². The molecule has 0 bridgehead atoms. The van der Waals surface area contributed by atoms with Crippen LogP contribution < -0.4 is 9.80 Å². The summed E-state index contributed by atoms with van der Waals surface area (Å²) in [5.41, 5.74) is 2.95. The number of aromatic nitrogens is 1. The average molecular weight is 397 g/mol. The van der Waals surface area contributed by atoms with E-state index in [2.05, 4.69) is 25.1 Å². The topological polar surface area (TPSA) is 46.9 Å². The Morgan fingerprint density at radius 2 is 1.93 bits per heavy atom. The van der Waals surface area contributed by atoms with Gasteiger partial charge in [-0.15, -0.1) is 0 Å². The molecule has 1 aliphatic rings. The fourth-order valence-electron chi connectivity index (χ4n) is 3.60. The molecule has 1 aromatic heterocycles. The van der Waals surface area contributed by atoms with Crippen LogP contribution >= 0.6 is 11.3 Å². The van der Waals surface area contributed by atoms with E-state index in [1.54, 1.807) is 11.3 Å². The Morgan fingerprint density at radius 1 is 1.14 bits per heavy atom. The second-order valence-corrected chi connectivity index (χ2v) is 8.06. The lowest BCUT2D eigenvalue weighted by Gasteiger charge is -2.27. The molecule has 0 spiro atoms. The molecule has 1 amide bonds. The predicted octanol–water partition coefficient (Wildman–Crippen LogP) is 2.42. The number of quaternary nitrogens is 1. The summed E-state index contributed by atoms with van der Waals surface area (Å²) < 4.78 is 6.60. The highest BCUT2D eigenvalue weighted by atomic mass is 32.1. The van der Waals surface area contributed by atoms with E-state index in [1.165, 1.54) is 10.5 Å². The quantitative estimate of drug-likeness (QED) is 0.696. The number of rotatable bonds is 6. The SMILES string of the molecule is CCc1cccc2sc(N(CC[NH+]3CCOCC3)C(=O)c3ccccc3)nc12. The fourth-order valence-corrected chi connectivity index (χ4v) is 4.63. The second kappa shape index (κ2) is 8.82. The number of hydrogen-bond donors (Lipinski definition) is 1. The lowest BCUT2D eigenvalue weighted by molar-refractivity contribution is -0.906. The molecule has 3 aromatic rings. The van der Waals surface area contributed by atoms with E-state index in [9.17, 15) is 4.79 Å². The minimum Gasteiger partial charge on any atom is -0.370 e. The fraction of sp³-hybridized carbons (Fsp3) is 0.364. The number of thiazole rings is 1. The number of morpholine rings is 1. The van der Waals surface area contributed by atoms with E-state index in [0.29, 0.717) is 12.1 Å². The van der Waals surface area contributed by atoms with Gasteiger partial charge in [-0.2, -0.15) is 0 Å². The van der Waals surface area contributed by atoms with Crippen LogP contribution in [0.1, 0.15) is 22.8 Å². The molecule has 1 aliphatic heterocycles. The number of aryl methyl sites for hydroxylation is 1. The van der Waals surface area contributed by atoms with Gasteiger partial charge in [0.15, 0.2) is 5.13 Å². The van der Waals surface area contributed by atoms with Crippen molar-refractivity contribution in [3.8, 4) is 0 Å². The van der Waals surface area contributed by atoms with Crippen molar-refractivity contribution < 1.29 is 14.4 Å². The van der Waals surface area contributed by atoms with Crippen molar-refractivity contribution in [2.45, 2.75) is 13.3 Å². The van der Waals surface area contributed by atoms with E-state index >= 15 is 0 Å². The zero-order valence-corrected chi connectivity index (χ0v) is 17.0. The number of carbonyl (C=O) groups is 1. The van der Waals surface area contributed by atoms with Gasteiger partial charge in [-0.25, -0.2) is 4.98 Å². The number of nitrogens with one attached hydrogen (secondary N) is 1. The molecule has 4 rings (SSSR count). The Kier molecular flexibility index (Phi) is 6.00. The van der Waals surface area contributed by atoms with Crippen molar-refractivity contribution in [3.63, 3.8) is 0 Å². The van der Waals surface area contributed by atoms with Gasteiger partial charge >= 0.3 is 0 Å². The first-order chi connectivity index (χ1) is 13.8. The van der Waals surface area contributed by atoms with Gasteiger partial charge in [-0.05, 0) is 30.2 Å². The Balaban J connectivity index is 1.64. The monoisotopic (exact) mass is 396 g/mol. The number of amides is 1. The standard InChI is InChI=1S/C22H25N3O2S/c1-2-17-9-6-10-19-20(17)23-22(28-19)25(12-11-24-13-15-27-16-14-24)21(26)18-7-4-3-5-8-18/h3-10H,2,11-16H2,1H3/p+1. The Labute approximate surface area is 169 Å². The van der Waals surface area contributed by atoms with Crippen LogP contribution in [0.5, 0.6) is 0 Å². The molecule has 6 heteroatoms. The van der Waals surface area contributed by atoms with Crippen LogP contribution in [0.2, 0.25) is 0 Å². The Bertz CT molecular complexity index is 935. The maximum absolute atomic E-state index is 13.3. The predicted molar refractivity (Wildman–Crippen MR) is 113 cm³/mol. The van der Waals surface area contributed by atoms with E-state index < -0.39 is 0 Å². The number of fused-ring (bicyclic) bond motifs is 1. The first-order valence-electron chi connectivity index (χ1n) is 9.93. The molecular weight excluding hydrogens is 370 g/mol. The number of para-hydroxylation sites is 1. The highest BCUT2D eigenvalue weighted by molar-refractivity contribution is 7.22. The van der Waals surface area contributed by atoms with Crippen LogP contribution in [0.25, 0.3) is 10.2 Å². The number of carbonyl (C=O) groups excluding carboxylic acids is 1. The summed E-state index contributed by atoms with van der Waals surface area (Å²) >= 11 is 1.60. The third-order valence-corrected chi connectivity index (χ3v) is 6.30. The molecular formula is C22H26N3O2S+. The molecule has 0 radical (unpaired) electrons. The first-order valence-corrected chi connectivity index (χ1v) is 10.7. The minimum absolute atomic E-state index is 0.0189. The van der Waals surface area contributed by atoms with Gasteiger partial charge in [0, 0.05) is 5.56 Å². The molecule has 2 aromatic carbocycles. The maximum Gasteiger partial charge on any atom is 0.260 e. The summed E-state index contributed by atoms with van der Waals surface area (Å²) in [6, 6.07) is 15.8. The van der Waals surface area contributed by atoms with E-state index in [1.807, 2.05) is 35.2 Å². The van der Waals surface area contributed by atoms with Crippen LogP contribution in [-0.4, -0.2) is 50.3 Å². The third-order valence-electron chi connectivity index (χ3n) is 5.26. The van der Waals surface area contributed by atoms with Gasteiger partial charge in [-0.1, -0.05) is 48.6 Å². The molecule has 0 atom stereocenters. The number of benzene rings is 2. The van der Waals surface area contributed by atoms with Crippen LogP contribution in [0.15, 0.2) is 48.5 Å². The van der Waals surface area contributed by atoms with Crippen molar-refractivity contribution in [1.29, 1.82) is 0 Å². The molecule has 28 heavy (non-hydrogen) atoms. The lowest BCUT2D eigenvalue weighted by atomic mass is 10.1. The zero-order chi connectivity index (χ0) is 19.3. The van der Waals surface area contributed by atoms with Crippen molar-refractivity contribution in [2.75, 3.05) is 44.3 Å². The molecule has 1 fully saturated rings. The average Bonchev–Trinajstić information content (AvgIpc) is 3.19. The van der Waals surface area contributed by atoms with Gasteiger partial charge in [-0.3, -0.25) is 9.69 Å². The number of ether oxygens (including phenoxy) is 1. The maximum atomic E-state index is 13.3. The highest BCUT2D eigenvalue weighted by Crippen LogP contribution is 2.31. The number of nitrogens with zero attached hydrogens (tertiary/aromatic N) is 2. The van der Waals surface area contributed by atoms with E-state index in [0.717, 1.165) is 54.6 Å². The summed E-state index contributed by atoms with van der Waals surface area (Å²) in [7, 11) is 0. The van der Waals surface area contributed by atoms with Crippen molar-refractivity contribution in [2.24, 2.45) is 0 Å². The summed E-state index contributed by atoms with van der Waals surface area (Å²) in [4.78, 5) is 21.5. The molecule has 146 valence electrons. The van der Waals surface area contributed by atoms with Gasteiger partial charge in [0.05, 0.1) is 36.5 Å². The normalized spacial score (nSPS) is 15.0. The van der Waals surface area contributed by atoms with Crippen LogP contribution in [-0.2, 0) is 11.2 Å². The first kappa shape index (κ1) is 19.1. The lowest BCUT2D eigenvalue weighted by Crippen LogP contribution is -3.14. The summed E-state index contributed by atoms with van der Waals surface area (Å²) in [6.45, 7) is 7.28. The largest absolute Gasteiger partial charge is 0.370 e.